The third kappa shape index (κ3) is 7.71. The summed E-state index contributed by atoms with van der Waals surface area (Å²) in [6.45, 7) is 3.66. The summed E-state index contributed by atoms with van der Waals surface area (Å²) in [6, 6.07) is 10.7. The molecule has 1 aromatic heterocycles. The largest absolute Gasteiger partial charge is 0.481 e. The van der Waals surface area contributed by atoms with Gasteiger partial charge in [-0.05, 0) is 75.1 Å². The van der Waals surface area contributed by atoms with Crippen LogP contribution in [0, 0.1) is 11.7 Å². The molecule has 1 aliphatic carbocycles. The zero-order valence-corrected chi connectivity index (χ0v) is 29.8. The van der Waals surface area contributed by atoms with E-state index < -0.39 is 17.7 Å². The highest BCUT2D eigenvalue weighted by atomic mass is 35.5. The quantitative estimate of drug-likeness (QED) is 0.227. The van der Waals surface area contributed by atoms with Crippen molar-refractivity contribution in [1.29, 1.82) is 0 Å². The Kier molecular flexibility index (Phi) is 11.5. The number of fused-ring (bicyclic) bond motifs is 1. The molecule has 270 valence electrons. The average molecular weight is 711 g/mol. The molecule has 2 aromatic carbocycles. The minimum Gasteiger partial charge on any atom is -0.481 e. The highest BCUT2D eigenvalue weighted by molar-refractivity contribution is 6.34. The van der Waals surface area contributed by atoms with Crippen LogP contribution in [0.2, 0.25) is 5.02 Å². The van der Waals surface area contributed by atoms with E-state index in [1.807, 2.05) is 40.8 Å². The highest BCUT2D eigenvalue weighted by Gasteiger charge is 2.45. The van der Waals surface area contributed by atoms with Gasteiger partial charge in [-0.2, -0.15) is 0 Å². The Morgan fingerprint density at radius 2 is 1.76 bits per heavy atom. The minimum absolute atomic E-state index is 0.0501. The summed E-state index contributed by atoms with van der Waals surface area (Å²) in [6.07, 6.45) is 7.86. The van der Waals surface area contributed by atoms with E-state index in [4.69, 9.17) is 21.1 Å². The van der Waals surface area contributed by atoms with E-state index in [0.29, 0.717) is 57.0 Å². The van der Waals surface area contributed by atoms with Crippen molar-refractivity contribution < 1.29 is 33.4 Å². The molecule has 2 amide bonds. The number of halogens is 2. The number of ether oxygens (including phenoxy) is 2. The van der Waals surface area contributed by atoms with E-state index in [0.717, 1.165) is 36.6 Å². The molecule has 3 aliphatic rings. The van der Waals surface area contributed by atoms with Crippen LogP contribution >= 0.6 is 11.6 Å². The number of para-hydroxylation sites is 1. The van der Waals surface area contributed by atoms with E-state index in [2.05, 4.69) is 17.1 Å². The Morgan fingerprint density at radius 3 is 2.48 bits per heavy atom. The number of hydrogen-bond donors (Lipinski definition) is 2. The number of aryl methyl sites for hydroxylation is 1. The van der Waals surface area contributed by atoms with Crippen molar-refractivity contribution in [3.8, 4) is 0 Å². The second kappa shape index (κ2) is 15.8. The number of nitrogens with one attached hydrogen (secondary N) is 1. The van der Waals surface area contributed by atoms with Crippen molar-refractivity contribution in [3.63, 3.8) is 0 Å². The highest BCUT2D eigenvalue weighted by Crippen LogP contribution is 2.36. The van der Waals surface area contributed by atoms with E-state index in [1.165, 1.54) is 12.1 Å². The molecule has 3 fully saturated rings. The lowest BCUT2D eigenvalue weighted by atomic mass is 9.87. The molecule has 2 aliphatic heterocycles. The van der Waals surface area contributed by atoms with E-state index in [-0.39, 0.29) is 58.7 Å². The van der Waals surface area contributed by atoms with E-state index in [1.54, 1.807) is 13.3 Å². The number of rotatable bonds is 12. The van der Waals surface area contributed by atoms with Gasteiger partial charge in [0.05, 0.1) is 54.0 Å². The summed E-state index contributed by atoms with van der Waals surface area (Å²) in [7, 11) is 3.58. The number of methoxy groups -OCH3 is 1. The number of amides is 2. The number of nitrogens with zero attached hydrogens (tertiary/aromatic N) is 3. The van der Waals surface area contributed by atoms with Crippen LogP contribution in [0.3, 0.4) is 0 Å². The minimum atomic E-state index is -0.756. The number of anilines is 1. The number of carboxylic acids is 1. The molecule has 12 heteroatoms. The predicted molar refractivity (Wildman–Crippen MR) is 190 cm³/mol. The molecule has 3 heterocycles. The first-order chi connectivity index (χ1) is 24.1. The van der Waals surface area contributed by atoms with E-state index >= 15 is 4.39 Å². The molecule has 4 atom stereocenters. The summed E-state index contributed by atoms with van der Waals surface area (Å²) < 4.78 is 29.4. The summed E-state index contributed by atoms with van der Waals surface area (Å²) in [5, 5.41) is 13.1. The molecule has 2 saturated heterocycles. The lowest BCUT2D eigenvalue weighted by molar-refractivity contribution is -0.144. The van der Waals surface area contributed by atoms with Crippen molar-refractivity contribution >= 4 is 46.0 Å². The van der Waals surface area contributed by atoms with Crippen LogP contribution in [0.1, 0.15) is 74.2 Å². The molecular weight excluding hydrogens is 663 g/mol. The number of benzene rings is 2. The van der Waals surface area contributed by atoms with Gasteiger partial charge in [0.25, 0.3) is 5.91 Å². The molecular formula is C38H48ClFN4O6. The van der Waals surface area contributed by atoms with Crippen molar-refractivity contribution in [1.82, 2.24) is 14.4 Å². The zero-order valence-electron chi connectivity index (χ0n) is 29.1. The lowest BCUT2D eigenvalue weighted by Crippen LogP contribution is -2.47. The number of carbonyl (C=O) groups excluding carboxylic acids is 2. The standard InChI is InChI=1S/C38H48ClFN4O6/c1-4-25-11-12-26(21-49-3)44(25)27-17-28(22-50-29-13-9-23(10-14-29)38(47)48)43(19-27)36(45)16-24-15-32(39)34(18-33(24)40)41-37(46)31-20-42(2)35-8-6-5-7-30(31)35/h5-8,15,18,20,23,25-29H,4,9-14,16-17,19,21-22H2,1-3H3,(H,41,46)(H,47,48)/t23?,25-,26-,27-,28-,29?/m0/s1. The van der Waals surface area contributed by atoms with Gasteiger partial charge in [-0.3, -0.25) is 19.3 Å². The molecule has 0 radical (unpaired) electrons. The molecule has 50 heavy (non-hydrogen) atoms. The Morgan fingerprint density at radius 1 is 1.02 bits per heavy atom. The average Bonchev–Trinajstić information content (AvgIpc) is 3.81. The van der Waals surface area contributed by atoms with Crippen LogP contribution in [-0.2, 0) is 32.5 Å². The summed E-state index contributed by atoms with van der Waals surface area (Å²) in [4.78, 5) is 43.1. The number of aromatic nitrogens is 1. The zero-order chi connectivity index (χ0) is 35.5. The fraction of sp³-hybridized carbons (Fsp3) is 0.553. The molecule has 3 aromatic rings. The van der Waals surface area contributed by atoms with Gasteiger partial charge in [-0.15, -0.1) is 0 Å². The van der Waals surface area contributed by atoms with Crippen LogP contribution < -0.4 is 5.32 Å². The van der Waals surface area contributed by atoms with Crippen LogP contribution in [0.4, 0.5) is 10.1 Å². The van der Waals surface area contributed by atoms with Crippen molar-refractivity contribution in [2.24, 2.45) is 13.0 Å². The van der Waals surface area contributed by atoms with Gasteiger partial charge in [0.2, 0.25) is 5.91 Å². The SMILES string of the molecule is CC[C@H]1CC[C@@H](COC)N1[C@H]1C[C@@H](COC2CCC(C(=O)O)CC2)N(C(=O)Cc2cc(Cl)c(NC(=O)c3cn(C)c4ccccc34)cc2F)C1. The topological polar surface area (TPSA) is 113 Å². The Hall–Kier alpha value is -3.51. The first-order valence-electron chi connectivity index (χ1n) is 17.8. The summed E-state index contributed by atoms with van der Waals surface area (Å²) in [5.74, 6) is -2.34. The summed E-state index contributed by atoms with van der Waals surface area (Å²) >= 11 is 6.59. The van der Waals surface area contributed by atoms with Gasteiger partial charge < -0.3 is 29.4 Å². The first-order valence-corrected chi connectivity index (χ1v) is 18.2. The fourth-order valence-electron chi connectivity index (χ4n) is 8.45. The smallest absolute Gasteiger partial charge is 0.306 e. The van der Waals surface area contributed by atoms with Crippen molar-refractivity contribution in [2.45, 2.75) is 95.0 Å². The van der Waals surface area contributed by atoms with Crippen LogP contribution in [0.5, 0.6) is 0 Å². The number of hydrogen-bond acceptors (Lipinski definition) is 6. The third-order valence-electron chi connectivity index (χ3n) is 11.1. The van der Waals surface area contributed by atoms with Gasteiger partial charge >= 0.3 is 5.97 Å². The van der Waals surface area contributed by atoms with Gasteiger partial charge in [0.15, 0.2) is 0 Å². The first kappa shape index (κ1) is 36.3. The normalized spacial score (nSPS) is 25.7. The second-order valence-electron chi connectivity index (χ2n) is 14.2. The second-order valence-corrected chi connectivity index (χ2v) is 14.6. The third-order valence-corrected chi connectivity index (χ3v) is 11.4. The maximum atomic E-state index is 15.6. The van der Waals surface area contributed by atoms with Gasteiger partial charge in [0.1, 0.15) is 5.82 Å². The maximum Gasteiger partial charge on any atom is 0.306 e. The number of likely N-dealkylation sites (tertiary alicyclic amines) is 2. The van der Waals surface area contributed by atoms with Crippen LogP contribution in [-0.4, -0.2) is 94.4 Å². The molecule has 10 nitrogen and oxygen atoms in total. The molecule has 0 unspecified atom stereocenters. The van der Waals surface area contributed by atoms with Crippen LogP contribution in [0.25, 0.3) is 10.9 Å². The monoisotopic (exact) mass is 710 g/mol. The summed E-state index contributed by atoms with van der Waals surface area (Å²) in [5.41, 5.74) is 1.63. The Labute approximate surface area is 297 Å². The maximum absolute atomic E-state index is 15.6. The molecule has 6 rings (SSSR count). The number of carbonyl (C=O) groups is 3. The number of aliphatic carboxylic acids is 1. The Bertz CT molecular complexity index is 1710. The van der Waals surface area contributed by atoms with Gasteiger partial charge in [0, 0.05) is 55.9 Å². The van der Waals surface area contributed by atoms with Gasteiger partial charge in [-0.25, -0.2) is 4.39 Å². The Balaban J connectivity index is 1.17. The molecule has 0 spiro atoms. The van der Waals surface area contributed by atoms with Crippen LogP contribution in [0.15, 0.2) is 42.6 Å². The van der Waals surface area contributed by atoms with Gasteiger partial charge in [-0.1, -0.05) is 36.7 Å². The molecule has 2 N–H and O–H groups in total. The number of carboxylic acid groups (broad SMARTS) is 1. The van der Waals surface area contributed by atoms with Crippen molar-refractivity contribution in [3.05, 3.63) is 64.6 Å². The fourth-order valence-corrected chi connectivity index (χ4v) is 8.68. The molecule has 0 bridgehead atoms. The van der Waals surface area contributed by atoms with Crippen molar-refractivity contribution in [2.75, 3.05) is 32.2 Å². The molecule has 1 saturated carbocycles. The predicted octanol–water partition coefficient (Wildman–Crippen LogP) is 6.28. The lowest BCUT2D eigenvalue weighted by Gasteiger charge is -2.35. The van der Waals surface area contributed by atoms with E-state index in [9.17, 15) is 19.5 Å².